The van der Waals surface area contributed by atoms with Crippen molar-refractivity contribution in [2.75, 3.05) is 0 Å². The summed E-state index contributed by atoms with van der Waals surface area (Å²) in [4.78, 5) is 22.5. The van der Waals surface area contributed by atoms with Crippen LogP contribution >= 0.6 is 0 Å². The van der Waals surface area contributed by atoms with Gasteiger partial charge in [0.2, 0.25) is 0 Å². The van der Waals surface area contributed by atoms with Crippen LogP contribution in [0.2, 0.25) is 0 Å². The molecule has 5 nitrogen and oxygen atoms in total. The third-order valence-corrected chi connectivity index (χ3v) is 3.95. The van der Waals surface area contributed by atoms with Gasteiger partial charge in [0.05, 0.1) is 16.9 Å². The zero-order chi connectivity index (χ0) is 15.4. The van der Waals surface area contributed by atoms with Gasteiger partial charge in [-0.3, -0.25) is 14.9 Å². The van der Waals surface area contributed by atoms with E-state index in [4.69, 9.17) is 4.74 Å². The first-order valence-electron chi connectivity index (χ1n) is 7.44. The molecule has 0 aliphatic heterocycles. The summed E-state index contributed by atoms with van der Waals surface area (Å²) in [5, 5.41) is 10.7. The molecule has 1 aromatic carbocycles. The summed E-state index contributed by atoms with van der Waals surface area (Å²) < 4.78 is 5.36. The number of carbonyl (C=O) groups is 1. The van der Waals surface area contributed by atoms with Gasteiger partial charge in [0.15, 0.2) is 0 Å². The van der Waals surface area contributed by atoms with E-state index in [1.54, 1.807) is 12.1 Å². The van der Waals surface area contributed by atoms with Crippen LogP contribution in [0, 0.1) is 16.0 Å². The van der Waals surface area contributed by atoms with Crippen molar-refractivity contribution in [1.82, 2.24) is 0 Å². The van der Waals surface area contributed by atoms with Crippen LogP contribution in [-0.4, -0.2) is 17.0 Å². The van der Waals surface area contributed by atoms with Crippen molar-refractivity contribution in [2.24, 2.45) is 5.92 Å². The minimum Gasteiger partial charge on any atom is -0.463 e. The van der Waals surface area contributed by atoms with E-state index in [0.717, 1.165) is 31.2 Å². The highest BCUT2D eigenvalue weighted by atomic mass is 16.6. The smallest absolute Gasteiger partial charge is 0.309 e. The lowest BCUT2D eigenvalue weighted by Crippen LogP contribution is -2.29. The fraction of sp³-hybridized carbons (Fsp3) is 0.562. The van der Waals surface area contributed by atoms with Crippen molar-refractivity contribution in [2.45, 2.75) is 51.6 Å². The number of rotatable bonds is 4. The van der Waals surface area contributed by atoms with Crippen LogP contribution in [0.25, 0.3) is 0 Å². The number of carbonyl (C=O) groups excluding carboxylic acids is 1. The quantitative estimate of drug-likeness (QED) is 0.480. The van der Waals surface area contributed by atoms with E-state index >= 15 is 0 Å². The minimum atomic E-state index is -0.408. The molecule has 2 unspecified atom stereocenters. The Morgan fingerprint density at radius 3 is 2.43 bits per heavy atom. The molecule has 21 heavy (non-hydrogen) atoms. The first kappa shape index (κ1) is 15.5. The van der Waals surface area contributed by atoms with Gasteiger partial charge in [-0.1, -0.05) is 25.0 Å². The highest BCUT2D eigenvalue weighted by molar-refractivity contribution is 5.74. The monoisotopic (exact) mass is 291 g/mol. The highest BCUT2D eigenvalue weighted by Crippen LogP contribution is 2.39. The molecule has 5 heteroatoms. The van der Waals surface area contributed by atoms with Gasteiger partial charge < -0.3 is 4.74 Å². The molecule has 0 radical (unpaired) electrons. The summed E-state index contributed by atoms with van der Waals surface area (Å²) >= 11 is 0. The minimum absolute atomic E-state index is 0.0795. The van der Waals surface area contributed by atoms with Crippen molar-refractivity contribution in [3.8, 4) is 0 Å². The van der Waals surface area contributed by atoms with E-state index < -0.39 is 4.92 Å². The van der Waals surface area contributed by atoms with Gasteiger partial charge in [-0.05, 0) is 38.2 Å². The Bertz CT molecular complexity index is 510. The van der Waals surface area contributed by atoms with Crippen LogP contribution < -0.4 is 0 Å². The molecule has 1 fully saturated rings. The number of esters is 1. The molecule has 2 atom stereocenters. The molecule has 0 amide bonds. The van der Waals surface area contributed by atoms with Crippen LogP contribution in [0.3, 0.4) is 0 Å². The zero-order valence-electron chi connectivity index (χ0n) is 12.5. The van der Waals surface area contributed by atoms with Crippen LogP contribution in [0.15, 0.2) is 24.3 Å². The van der Waals surface area contributed by atoms with E-state index in [2.05, 4.69) is 0 Å². The molecule has 0 aromatic heterocycles. The Labute approximate surface area is 124 Å². The van der Waals surface area contributed by atoms with Crippen molar-refractivity contribution in [3.05, 3.63) is 39.9 Å². The standard InChI is InChI=1S/C16H21NO4/c1-11(2)21-16(18)15-6-4-3-5-14(15)12-7-9-13(10-8-12)17(19)20/h7-11,14-15H,3-6H2,1-2H3. The Balaban J connectivity index is 2.18. The molecule has 0 saturated heterocycles. The third kappa shape index (κ3) is 3.80. The second kappa shape index (κ2) is 6.70. The molecule has 114 valence electrons. The topological polar surface area (TPSA) is 69.4 Å². The second-order valence-electron chi connectivity index (χ2n) is 5.83. The molecule has 0 bridgehead atoms. The van der Waals surface area contributed by atoms with Gasteiger partial charge in [-0.2, -0.15) is 0 Å². The molecule has 0 N–H and O–H groups in total. The molecule has 0 spiro atoms. The van der Waals surface area contributed by atoms with Gasteiger partial charge in [0, 0.05) is 12.1 Å². The van der Waals surface area contributed by atoms with Crippen LogP contribution in [-0.2, 0) is 9.53 Å². The predicted molar refractivity (Wildman–Crippen MR) is 79.0 cm³/mol. The van der Waals surface area contributed by atoms with Gasteiger partial charge >= 0.3 is 5.97 Å². The van der Waals surface area contributed by atoms with E-state index in [0.29, 0.717) is 0 Å². The Kier molecular flexibility index (Phi) is 4.94. The highest BCUT2D eigenvalue weighted by Gasteiger charge is 2.33. The fourth-order valence-electron chi connectivity index (χ4n) is 2.97. The molecule has 1 aromatic rings. The molecule has 1 aliphatic rings. The molecular weight excluding hydrogens is 270 g/mol. The van der Waals surface area contributed by atoms with Crippen molar-refractivity contribution >= 4 is 11.7 Å². The number of non-ortho nitro benzene ring substituents is 1. The van der Waals surface area contributed by atoms with Crippen LogP contribution in [0.4, 0.5) is 5.69 Å². The lowest BCUT2D eigenvalue weighted by atomic mass is 9.75. The summed E-state index contributed by atoms with van der Waals surface area (Å²) in [6, 6.07) is 6.55. The Morgan fingerprint density at radius 1 is 1.24 bits per heavy atom. The number of benzene rings is 1. The summed E-state index contributed by atoms with van der Waals surface area (Å²) in [6.07, 6.45) is 3.74. The summed E-state index contributed by atoms with van der Waals surface area (Å²) in [7, 11) is 0. The van der Waals surface area contributed by atoms with E-state index in [-0.39, 0.29) is 29.6 Å². The second-order valence-corrected chi connectivity index (χ2v) is 5.83. The average molecular weight is 291 g/mol. The van der Waals surface area contributed by atoms with Crippen molar-refractivity contribution < 1.29 is 14.5 Å². The third-order valence-electron chi connectivity index (χ3n) is 3.95. The fourth-order valence-corrected chi connectivity index (χ4v) is 2.97. The first-order chi connectivity index (χ1) is 9.99. The van der Waals surface area contributed by atoms with E-state index in [9.17, 15) is 14.9 Å². The Hall–Kier alpha value is -1.91. The molecule has 1 saturated carbocycles. The number of nitro groups is 1. The largest absolute Gasteiger partial charge is 0.463 e. The number of hydrogen-bond donors (Lipinski definition) is 0. The number of nitrogens with zero attached hydrogens (tertiary/aromatic N) is 1. The van der Waals surface area contributed by atoms with Crippen molar-refractivity contribution in [1.29, 1.82) is 0 Å². The van der Waals surface area contributed by atoms with Crippen molar-refractivity contribution in [3.63, 3.8) is 0 Å². The molecule has 2 rings (SSSR count). The van der Waals surface area contributed by atoms with Crippen LogP contribution in [0.1, 0.15) is 51.0 Å². The first-order valence-corrected chi connectivity index (χ1v) is 7.44. The molecular formula is C16H21NO4. The van der Waals surface area contributed by atoms with Gasteiger partial charge in [-0.15, -0.1) is 0 Å². The summed E-state index contributed by atoms with van der Waals surface area (Å²) in [6.45, 7) is 3.70. The number of ether oxygens (including phenoxy) is 1. The average Bonchev–Trinajstić information content (AvgIpc) is 2.46. The van der Waals surface area contributed by atoms with E-state index in [1.807, 2.05) is 13.8 Å². The predicted octanol–water partition coefficient (Wildman–Crippen LogP) is 3.82. The van der Waals surface area contributed by atoms with Gasteiger partial charge in [-0.25, -0.2) is 0 Å². The van der Waals surface area contributed by atoms with Crippen LogP contribution in [0.5, 0.6) is 0 Å². The summed E-state index contributed by atoms with van der Waals surface area (Å²) in [5.74, 6) is -0.179. The maximum Gasteiger partial charge on any atom is 0.309 e. The maximum atomic E-state index is 12.2. The number of hydrogen-bond acceptors (Lipinski definition) is 4. The normalized spacial score (nSPS) is 22.0. The molecule has 0 heterocycles. The van der Waals surface area contributed by atoms with Gasteiger partial charge in [0.1, 0.15) is 0 Å². The lowest BCUT2D eigenvalue weighted by molar-refractivity contribution is -0.384. The maximum absolute atomic E-state index is 12.2. The Morgan fingerprint density at radius 2 is 1.86 bits per heavy atom. The SMILES string of the molecule is CC(C)OC(=O)C1CCCCC1c1ccc([N+](=O)[O-])cc1. The summed E-state index contributed by atoms with van der Waals surface area (Å²) in [5.41, 5.74) is 1.07. The lowest BCUT2D eigenvalue weighted by Gasteiger charge is -2.30. The van der Waals surface area contributed by atoms with Gasteiger partial charge in [0.25, 0.3) is 5.69 Å². The number of nitro benzene ring substituents is 1. The van der Waals surface area contributed by atoms with E-state index in [1.165, 1.54) is 12.1 Å². The molecule has 1 aliphatic carbocycles. The zero-order valence-corrected chi connectivity index (χ0v) is 12.5.